The molecule has 0 saturated carbocycles. The summed E-state index contributed by atoms with van der Waals surface area (Å²) in [6.07, 6.45) is 0. The Kier molecular flexibility index (Phi) is 4.30. The number of carbonyl (C=O) groups excluding carboxylic acids is 1. The Hall–Kier alpha value is -2.93. The van der Waals surface area contributed by atoms with Crippen LogP contribution in [0.15, 0.2) is 53.9 Å². The number of ether oxygens (including phenoxy) is 2. The van der Waals surface area contributed by atoms with E-state index in [1.54, 1.807) is 10.3 Å². The van der Waals surface area contributed by atoms with Crippen LogP contribution in [0.1, 0.15) is 16.1 Å². The maximum atomic E-state index is 12.9. The fraction of sp³-hybridized carbons (Fsp3) is 0.167. The molecule has 0 N–H and O–H groups in total. The summed E-state index contributed by atoms with van der Waals surface area (Å²) in [4.78, 5) is 14.6. The standard InChI is InChI=1S/C18H15N3O3S/c22-18(15-12-25-20-19-15)21(14-4-2-1-3-5-14)11-13-6-7-16-17(10-13)24-9-8-23-16/h1-7,10,12H,8-9,11H2. The monoisotopic (exact) mass is 353 g/mol. The minimum Gasteiger partial charge on any atom is -0.486 e. The highest BCUT2D eigenvalue weighted by Crippen LogP contribution is 2.31. The normalized spacial score (nSPS) is 12.6. The summed E-state index contributed by atoms with van der Waals surface area (Å²) in [5, 5.41) is 5.56. The van der Waals surface area contributed by atoms with Crippen LogP contribution in [0.2, 0.25) is 0 Å². The lowest BCUT2D eigenvalue weighted by Gasteiger charge is -2.23. The number of anilines is 1. The van der Waals surface area contributed by atoms with Crippen molar-refractivity contribution in [2.75, 3.05) is 18.1 Å². The van der Waals surface area contributed by atoms with Gasteiger partial charge in [-0.2, -0.15) is 0 Å². The molecule has 7 heteroatoms. The lowest BCUT2D eigenvalue weighted by molar-refractivity contribution is 0.0980. The van der Waals surface area contributed by atoms with Crippen LogP contribution in [0, 0.1) is 0 Å². The summed E-state index contributed by atoms with van der Waals surface area (Å²) < 4.78 is 15.0. The van der Waals surface area contributed by atoms with E-state index in [0.29, 0.717) is 31.2 Å². The van der Waals surface area contributed by atoms with Crippen LogP contribution >= 0.6 is 11.5 Å². The van der Waals surface area contributed by atoms with Gasteiger partial charge in [0, 0.05) is 11.1 Å². The fourth-order valence-corrected chi connectivity index (χ4v) is 3.08. The van der Waals surface area contributed by atoms with E-state index in [9.17, 15) is 4.79 Å². The zero-order valence-electron chi connectivity index (χ0n) is 13.3. The number of hydrogen-bond donors (Lipinski definition) is 0. The smallest absolute Gasteiger partial charge is 0.280 e. The van der Waals surface area contributed by atoms with Crippen molar-refractivity contribution in [2.45, 2.75) is 6.54 Å². The molecule has 1 aliphatic rings. The lowest BCUT2D eigenvalue weighted by atomic mass is 10.1. The Morgan fingerprint density at radius 1 is 1.08 bits per heavy atom. The summed E-state index contributed by atoms with van der Waals surface area (Å²) in [5.41, 5.74) is 2.09. The van der Waals surface area contributed by atoms with Crippen LogP contribution in [0.4, 0.5) is 5.69 Å². The molecule has 3 aromatic rings. The zero-order valence-corrected chi connectivity index (χ0v) is 14.1. The third-order valence-electron chi connectivity index (χ3n) is 3.84. The van der Waals surface area contributed by atoms with Gasteiger partial charge in [-0.3, -0.25) is 4.79 Å². The number of benzene rings is 2. The van der Waals surface area contributed by atoms with Gasteiger partial charge in [0.15, 0.2) is 17.2 Å². The van der Waals surface area contributed by atoms with Crippen LogP contribution in [0.3, 0.4) is 0 Å². The Morgan fingerprint density at radius 3 is 2.64 bits per heavy atom. The second-order valence-corrected chi connectivity index (χ2v) is 6.10. The van der Waals surface area contributed by atoms with Crippen LogP contribution < -0.4 is 14.4 Å². The van der Waals surface area contributed by atoms with E-state index in [1.807, 2.05) is 48.5 Å². The van der Waals surface area contributed by atoms with E-state index in [0.717, 1.165) is 28.5 Å². The van der Waals surface area contributed by atoms with Gasteiger partial charge in [0.2, 0.25) is 0 Å². The highest BCUT2D eigenvalue weighted by Gasteiger charge is 2.21. The van der Waals surface area contributed by atoms with Crippen molar-refractivity contribution in [1.82, 2.24) is 9.59 Å². The highest BCUT2D eigenvalue weighted by molar-refractivity contribution is 7.03. The Labute approximate surface area is 148 Å². The molecule has 25 heavy (non-hydrogen) atoms. The summed E-state index contributed by atoms with van der Waals surface area (Å²) in [6.45, 7) is 1.48. The first kappa shape index (κ1) is 15.6. The first-order chi connectivity index (χ1) is 12.3. The molecule has 2 aromatic carbocycles. The molecule has 0 fully saturated rings. The molecule has 1 aromatic heterocycles. The van der Waals surface area contributed by atoms with Crippen molar-refractivity contribution in [1.29, 1.82) is 0 Å². The zero-order chi connectivity index (χ0) is 17.1. The molecule has 0 bridgehead atoms. The van der Waals surface area contributed by atoms with Gasteiger partial charge < -0.3 is 14.4 Å². The average molecular weight is 353 g/mol. The molecule has 0 radical (unpaired) electrons. The number of carbonyl (C=O) groups is 1. The maximum Gasteiger partial charge on any atom is 0.280 e. The summed E-state index contributed by atoms with van der Waals surface area (Å²) >= 11 is 1.16. The van der Waals surface area contributed by atoms with Crippen LogP contribution in [-0.4, -0.2) is 28.7 Å². The molecule has 0 atom stereocenters. The molecule has 0 unspecified atom stereocenters. The molecular formula is C18H15N3O3S. The van der Waals surface area contributed by atoms with Gasteiger partial charge in [0.05, 0.1) is 6.54 Å². The third kappa shape index (κ3) is 3.32. The van der Waals surface area contributed by atoms with Crippen molar-refractivity contribution in [3.63, 3.8) is 0 Å². The highest BCUT2D eigenvalue weighted by atomic mass is 32.1. The predicted molar refractivity (Wildman–Crippen MR) is 94.3 cm³/mol. The molecule has 2 heterocycles. The van der Waals surface area contributed by atoms with E-state index < -0.39 is 0 Å². The molecule has 0 aliphatic carbocycles. The molecule has 0 saturated heterocycles. The molecule has 4 rings (SSSR count). The van der Waals surface area contributed by atoms with Crippen molar-refractivity contribution in [3.05, 3.63) is 65.2 Å². The van der Waals surface area contributed by atoms with Gasteiger partial charge >= 0.3 is 0 Å². The summed E-state index contributed by atoms with van der Waals surface area (Å²) in [6, 6.07) is 15.2. The average Bonchev–Trinajstić information content (AvgIpc) is 3.21. The van der Waals surface area contributed by atoms with Crippen molar-refractivity contribution >= 4 is 23.1 Å². The van der Waals surface area contributed by atoms with E-state index in [4.69, 9.17) is 9.47 Å². The number of amides is 1. The van der Waals surface area contributed by atoms with Crippen molar-refractivity contribution < 1.29 is 14.3 Å². The molecule has 1 aliphatic heterocycles. The topological polar surface area (TPSA) is 64.6 Å². The SMILES string of the molecule is O=C(c1csnn1)N(Cc1ccc2c(c1)OCCO2)c1ccccc1. The lowest BCUT2D eigenvalue weighted by Crippen LogP contribution is -2.30. The number of aromatic nitrogens is 2. The van der Waals surface area contributed by atoms with Gasteiger partial charge in [0.25, 0.3) is 5.91 Å². The van der Waals surface area contributed by atoms with E-state index in [-0.39, 0.29) is 5.91 Å². The Bertz CT molecular complexity index is 869. The Morgan fingerprint density at radius 2 is 1.88 bits per heavy atom. The molecule has 1 amide bonds. The predicted octanol–water partition coefficient (Wildman–Crippen LogP) is 3.16. The van der Waals surface area contributed by atoms with Crippen molar-refractivity contribution in [2.24, 2.45) is 0 Å². The fourth-order valence-electron chi connectivity index (χ4n) is 2.65. The first-order valence-electron chi connectivity index (χ1n) is 7.84. The number of rotatable bonds is 4. The number of hydrogen-bond acceptors (Lipinski definition) is 6. The maximum absolute atomic E-state index is 12.9. The van der Waals surface area contributed by atoms with E-state index >= 15 is 0 Å². The largest absolute Gasteiger partial charge is 0.486 e. The third-order valence-corrected chi connectivity index (χ3v) is 4.34. The number of fused-ring (bicyclic) bond motifs is 1. The molecule has 6 nitrogen and oxygen atoms in total. The van der Waals surface area contributed by atoms with Crippen LogP contribution in [0.5, 0.6) is 11.5 Å². The molecular weight excluding hydrogens is 338 g/mol. The number of nitrogens with zero attached hydrogens (tertiary/aromatic N) is 3. The molecule has 0 spiro atoms. The van der Waals surface area contributed by atoms with Gasteiger partial charge in [-0.05, 0) is 41.4 Å². The first-order valence-corrected chi connectivity index (χ1v) is 8.67. The summed E-state index contributed by atoms with van der Waals surface area (Å²) in [5.74, 6) is 1.26. The van der Waals surface area contributed by atoms with Gasteiger partial charge in [0.1, 0.15) is 13.2 Å². The second kappa shape index (κ2) is 6.90. The van der Waals surface area contributed by atoms with Crippen LogP contribution in [-0.2, 0) is 6.54 Å². The van der Waals surface area contributed by atoms with Gasteiger partial charge in [-0.25, -0.2) is 0 Å². The minimum absolute atomic E-state index is 0.185. The van der Waals surface area contributed by atoms with Gasteiger partial charge in [-0.15, -0.1) is 5.10 Å². The van der Waals surface area contributed by atoms with Gasteiger partial charge in [-0.1, -0.05) is 28.8 Å². The number of para-hydroxylation sites is 1. The minimum atomic E-state index is -0.185. The van der Waals surface area contributed by atoms with E-state index in [2.05, 4.69) is 9.59 Å². The molecule has 126 valence electrons. The Balaban J connectivity index is 1.66. The quantitative estimate of drug-likeness (QED) is 0.721. The van der Waals surface area contributed by atoms with E-state index in [1.165, 1.54) is 0 Å². The van der Waals surface area contributed by atoms with Crippen molar-refractivity contribution in [3.8, 4) is 11.5 Å². The van der Waals surface area contributed by atoms with Crippen LogP contribution in [0.25, 0.3) is 0 Å². The second-order valence-electron chi connectivity index (χ2n) is 5.50. The summed E-state index contributed by atoms with van der Waals surface area (Å²) in [7, 11) is 0.